The van der Waals surface area contributed by atoms with Crippen molar-refractivity contribution >= 4 is 34.2 Å². The zero-order valence-corrected chi connectivity index (χ0v) is 17.5. The van der Waals surface area contributed by atoms with Crippen molar-refractivity contribution in [2.75, 3.05) is 19.5 Å². The average molecular weight is 431 g/mol. The maximum absolute atomic E-state index is 12.9. The van der Waals surface area contributed by atoms with Crippen LogP contribution in [0, 0.1) is 0 Å². The number of imidazole rings is 1. The van der Waals surface area contributed by atoms with Crippen LogP contribution >= 0.6 is 0 Å². The molecule has 0 spiro atoms. The summed E-state index contributed by atoms with van der Waals surface area (Å²) in [6, 6.07) is 12.4. The first-order valence-electron chi connectivity index (χ1n) is 9.78. The van der Waals surface area contributed by atoms with Crippen molar-refractivity contribution in [3.63, 3.8) is 0 Å². The van der Waals surface area contributed by atoms with Crippen LogP contribution in [0.5, 0.6) is 5.75 Å². The fraction of sp³-hybridized carbons (Fsp3) is 0.130. The second-order valence-corrected chi connectivity index (χ2v) is 6.85. The Labute approximate surface area is 184 Å². The molecular weight excluding hydrogens is 410 g/mol. The molecule has 0 aliphatic carbocycles. The number of fused-ring (bicyclic) bond motifs is 1. The monoisotopic (exact) mass is 431 g/mol. The fourth-order valence-corrected chi connectivity index (χ4v) is 3.16. The summed E-state index contributed by atoms with van der Waals surface area (Å²) in [5.41, 5.74) is 2.53. The van der Waals surface area contributed by atoms with Gasteiger partial charge in [-0.1, -0.05) is 0 Å². The van der Waals surface area contributed by atoms with Gasteiger partial charge in [0.2, 0.25) is 0 Å². The first kappa shape index (κ1) is 20.9. The second kappa shape index (κ2) is 9.17. The Morgan fingerprint density at radius 1 is 1.12 bits per heavy atom. The van der Waals surface area contributed by atoms with Gasteiger partial charge >= 0.3 is 5.97 Å². The number of nitrogens with zero attached hydrogens (tertiary/aromatic N) is 3. The first-order valence-corrected chi connectivity index (χ1v) is 9.78. The third-order valence-corrected chi connectivity index (χ3v) is 4.84. The molecule has 2 N–H and O–H groups in total. The number of anilines is 2. The molecule has 0 aliphatic heterocycles. The molecule has 9 heteroatoms. The maximum atomic E-state index is 12.9. The number of ether oxygens (including phenoxy) is 2. The minimum atomic E-state index is -0.561. The number of benzene rings is 2. The molecule has 9 nitrogen and oxygen atoms in total. The number of hydrogen-bond donors (Lipinski definition) is 2. The Hall–Kier alpha value is -4.40. The normalized spacial score (nSPS) is 10.6. The molecule has 0 atom stereocenters. The van der Waals surface area contributed by atoms with E-state index in [0.29, 0.717) is 27.9 Å². The van der Waals surface area contributed by atoms with Crippen LogP contribution < -0.4 is 15.4 Å². The molecule has 0 bridgehead atoms. The van der Waals surface area contributed by atoms with Crippen molar-refractivity contribution in [3.05, 3.63) is 78.5 Å². The molecule has 1 amide bonds. The van der Waals surface area contributed by atoms with Crippen LogP contribution in [0.15, 0.2) is 67.4 Å². The first-order chi connectivity index (χ1) is 15.6. The minimum Gasteiger partial charge on any atom is -0.497 e. The Balaban J connectivity index is 1.76. The van der Waals surface area contributed by atoms with Gasteiger partial charge in [-0.15, -0.1) is 0 Å². The number of rotatable bonds is 7. The van der Waals surface area contributed by atoms with E-state index in [2.05, 4.69) is 20.6 Å². The highest BCUT2D eigenvalue weighted by Crippen LogP contribution is 2.31. The molecule has 0 saturated carbocycles. The third-order valence-electron chi connectivity index (χ3n) is 4.84. The van der Waals surface area contributed by atoms with Gasteiger partial charge in [0.15, 0.2) is 6.73 Å². The summed E-state index contributed by atoms with van der Waals surface area (Å²) in [6.45, 7) is 0.0110. The lowest BCUT2D eigenvalue weighted by Gasteiger charge is -2.15. The number of nitrogens with one attached hydrogen (secondary N) is 2. The van der Waals surface area contributed by atoms with E-state index in [1.54, 1.807) is 67.8 Å². The summed E-state index contributed by atoms with van der Waals surface area (Å²) in [5, 5.41) is 6.50. The number of carbonyl (C=O) groups excluding carboxylic acids is 2. The molecule has 162 valence electrons. The number of aromatic nitrogens is 3. The molecule has 2 aromatic heterocycles. The van der Waals surface area contributed by atoms with Crippen LogP contribution in [-0.4, -0.2) is 40.6 Å². The maximum Gasteiger partial charge on any atom is 0.343 e. The van der Waals surface area contributed by atoms with Crippen molar-refractivity contribution in [1.82, 2.24) is 19.9 Å². The number of hydrogen-bond acceptors (Lipinski definition) is 7. The van der Waals surface area contributed by atoms with Gasteiger partial charge in [-0.3, -0.25) is 9.78 Å². The lowest BCUT2D eigenvalue weighted by molar-refractivity contribution is 0.0372. The minimum absolute atomic E-state index is 0.0110. The molecule has 2 aromatic carbocycles. The highest BCUT2D eigenvalue weighted by Gasteiger charge is 2.19. The number of esters is 1. The molecule has 0 fully saturated rings. The fourth-order valence-electron chi connectivity index (χ4n) is 3.16. The summed E-state index contributed by atoms with van der Waals surface area (Å²) < 4.78 is 12.3. The lowest BCUT2D eigenvalue weighted by Crippen LogP contribution is -2.17. The van der Waals surface area contributed by atoms with Crippen LogP contribution in [0.25, 0.3) is 10.9 Å². The van der Waals surface area contributed by atoms with Crippen LogP contribution in [0.1, 0.15) is 20.7 Å². The molecule has 0 radical (unpaired) electrons. The summed E-state index contributed by atoms with van der Waals surface area (Å²) in [6.07, 6.45) is 6.31. The Morgan fingerprint density at radius 3 is 2.62 bits per heavy atom. The molecular formula is C23H21N5O4. The largest absolute Gasteiger partial charge is 0.497 e. The summed E-state index contributed by atoms with van der Waals surface area (Å²) in [7, 11) is 3.15. The Kier molecular flexibility index (Phi) is 5.98. The van der Waals surface area contributed by atoms with Gasteiger partial charge in [-0.05, 0) is 42.5 Å². The van der Waals surface area contributed by atoms with E-state index in [-0.39, 0.29) is 18.2 Å². The highest BCUT2D eigenvalue weighted by molar-refractivity contribution is 6.08. The molecule has 32 heavy (non-hydrogen) atoms. The molecule has 0 aliphatic rings. The molecule has 4 rings (SSSR count). The van der Waals surface area contributed by atoms with Crippen molar-refractivity contribution in [2.24, 2.45) is 0 Å². The van der Waals surface area contributed by atoms with Crippen molar-refractivity contribution < 1.29 is 19.1 Å². The quantitative estimate of drug-likeness (QED) is 0.432. The van der Waals surface area contributed by atoms with E-state index in [1.807, 2.05) is 12.1 Å². The summed E-state index contributed by atoms with van der Waals surface area (Å²) >= 11 is 0. The number of amides is 1. The lowest BCUT2D eigenvalue weighted by atomic mass is 10.1. The van der Waals surface area contributed by atoms with E-state index < -0.39 is 5.97 Å². The third kappa shape index (κ3) is 4.36. The standard InChI is InChI=1S/C23H21N5O4/c1-24-22(29)15-3-8-20-18(11-15)21(27-16-4-6-17(31-2)7-5-16)19(12-26-20)23(30)32-14-28-10-9-25-13-28/h3-13H,14H2,1-2H3,(H,24,29)(H,26,27). The zero-order chi connectivity index (χ0) is 22.5. The van der Waals surface area contributed by atoms with Gasteiger partial charge in [-0.25, -0.2) is 9.78 Å². The van der Waals surface area contributed by atoms with Crippen molar-refractivity contribution in [3.8, 4) is 5.75 Å². The summed E-state index contributed by atoms with van der Waals surface area (Å²) in [5.74, 6) is -0.0955. The van der Waals surface area contributed by atoms with Crippen LogP contribution in [0.4, 0.5) is 11.4 Å². The molecule has 4 aromatic rings. The topological polar surface area (TPSA) is 107 Å². The zero-order valence-electron chi connectivity index (χ0n) is 17.5. The number of pyridine rings is 1. The van der Waals surface area contributed by atoms with Gasteiger partial charge < -0.3 is 24.7 Å². The van der Waals surface area contributed by atoms with Crippen molar-refractivity contribution in [1.29, 1.82) is 0 Å². The number of carbonyl (C=O) groups is 2. The average Bonchev–Trinajstić information content (AvgIpc) is 3.36. The molecule has 0 unspecified atom stereocenters. The molecule has 0 saturated heterocycles. The van der Waals surface area contributed by atoms with Gasteiger partial charge in [0.25, 0.3) is 5.91 Å². The van der Waals surface area contributed by atoms with E-state index in [1.165, 1.54) is 6.20 Å². The smallest absolute Gasteiger partial charge is 0.343 e. The van der Waals surface area contributed by atoms with E-state index in [4.69, 9.17) is 9.47 Å². The van der Waals surface area contributed by atoms with E-state index >= 15 is 0 Å². The second-order valence-electron chi connectivity index (χ2n) is 6.85. The van der Waals surface area contributed by atoms with Crippen LogP contribution in [0.2, 0.25) is 0 Å². The highest BCUT2D eigenvalue weighted by atomic mass is 16.5. The predicted molar refractivity (Wildman–Crippen MR) is 119 cm³/mol. The van der Waals surface area contributed by atoms with Gasteiger partial charge in [-0.2, -0.15) is 0 Å². The van der Waals surface area contributed by atoms with Gasteiger partial charge in [0.05, 0.1) is 24.6 Å². The number of methoxy groups -OCH3 is 1. The van der Waals surface area contributed by atoms with Crippen LogP contribution in [0.3, 0.4) is 0 Å². The predicted octanol–water partition coefficient (Wildman–Crippen LogP) is 3.36. The van der Waals surface area contributed by atoms with E-state index in [9.17, 15) is 9.59 Å². The SMILES string of the molecule is CNC(=O)c1ccc2ncc(C(=O)OCn3ccnc3)c(Nc3ccc(OC)cc3)c2c1. The Bertz CT molecular complexity index is 1250. The van der Waals surface area contributed by atoms with E-state index in [0.717, 1.165) is 5.69 Å². The van der Waals surface area contributed by atoms with Crippen molar-refractivity contribution in [2.45, 2.75) is 6.73 Å². The van der Waals surface area contributed by atoms with Gasteiger partial charge in [0, 0.05) is 42.3 Å². The van der Waals surface area contributed by atoms with Gasteiger partial charge in [0.1, 0.15) is 11.3 Å². The van der Waals surface area contributed by atoms with Crippen LogP contribution in [-0.2, 0) is 11.5 Å². The Morgan fingerprint density at radius 2 is 1.94 bits per heavy atom. The summed E-state index contributed by atoms with van der Waals surface area (Å²) in [4.78, 5) is 33.4. The molecule has 2 heterocycles.